The number of aryl methyl sites for hydroxylation is 1. The molecule has 0 aromatic carbocycles. The fourth-order valence-electron chi connectivity index (χ4n) is 1.74. The van der Waals surface area contributed by atoms with E-state index in [1.165, 1.54) is 44.9 Å². The zero-order valence-electron chi connectivity index (χ0n) is 10.6. The van der Waals surface area contributed by atoms with Gasteiger partial charge >= 0.3 is 0 Å². The van der Waals surface area contributed by atoms with E-state index in [4.69, 9.17) is 0 Å². The van der Waals surface area contributed by atoms with Crippen molar-refractivity contribution in [3.05, 3.63) is 10.4 Å². The van der Waals surface area contributed by atoms with Crippen molar-refractivity contribution in [2.24, 2.45) is 0 Å². The predicted molar refractivity (Wildman–Crippen MR) is 73.3 cm³/mol. The van der Waals surface area contributed by atoms with Gasteiger partial charge in [-0.1, -0.05) is 45.4 Å². The number of aromatic nitrogens is 1. The molecule has 1 rings (SSSR count). The number of hydrogen-bond acceptors (Lipinski definition) is 3. The summed E-state index contributed by atoms with van der Waals surface area (Å²) in [5, 5.41) is 6.60. The molecular formula is C13H24N2S. The molecule has 0 spiro atoms. The highest BCUT2D eigenvalue weighted by Gasteiger charge is 1.96. The van der Waals surface area contributed by atoms with E-state index in [-0.39, 0.29) is 0 Å². The number of anilines is 1. The van der Waals surface area contributed by atoms with Crippen molar-refractivity contribution in [1.82, 2.24) is 4.98 Å². The fraction of sp³-hybridized carbons (Fsp3) is 0.769. The highest BCUT2D eigenvalue weighted by atomic mass is 32.1. The average molecular weight is 240 g/mol. The van der Waals surface area contributed by atoms with Gasteiger partial charge in [0.05, 0.1) is 5.01 Å². The number of hydrogen-bond donors (Lipinski definition) is 1. The number of nitrogens with one attached hydrogen (secondary N) is 1. The quantitative estimate of drug-likeness (QED) is 0.637. The highest BCUT2D eigenvalue weighted by molar-refractivity contribution is 7.09. The Morgan fingerprint density at radius 3 is 2.44 bits per heavy atom. The van der Waals surface area contributed by atoms with Crippen molar-refractivity contribution in [3.8, 4) is 0 Å². The maximum Gasteiger partial charge on any atom is 0.137 e. The van der Waals surface area contributed by atoms with E-state index < -0.39 is 0 Å². The molecule has 0 saturated carbocycles. The van der Waals surface area contributed by atoms with Crippen molar-refractivity contribution in [2.75, 3.05) is 11.9 Å². The molecule has 1 aromatic rings. The first-order chi connectivity index (χ1) is 7.83. The van der Waals surface area contributed by atoms with Crippen LogP contribution in [0.3, 0.4) is 0 Å². The molecule has 1 N–H and O–H groups in total. The van der Waals surface area contributed by atoms with Crippen LogP contribution in [0.5, 0.6) is 0 Å². The average Bonchev–Trinajstić information content (AvgIpc) is 2.68. The number of unbranched alkanes of at least 4 members (excludes halogenated alkanes) is 6. The second kappa shape index (κ2) is 8.57. The molecule has 1 aromatic heterocycles. The number of nitrogens with zero attached hydrogens (tertiary/aromatic N) is 1. The first-order valence-corrected chi connectivity index (χ1v) is 7.37. The van der Waals surface area contributed by atoms with Gasteiger partial charge in [0.1, 0.15) is 5.82 Å². The van der Waals surface area contributed by atoms with Crippen LogP contribution in [-0.4, -0.2) is 11.5 Å². The molecule has 1 heterocycles. The van der Waals surface area contributed by atoms with Gasteiger partial charge in [-0.3, -0.25) is 0 Å². The number of thiazole rings is 1. The minimum absolute atomic E-state index is 1.05. The molecule has 0 radical (unpaired) electrons. The van der Waals surface area contributed by atoms with Crippen LogP contribution in [0.2, 0.25) is 0 Å². The second-order valence-corrected chi connectivity index (χ2v) is 5.36. The minimum Gasteiger partial charge on any atom is -0.369 e. The Kier molecular flexibility index (Phi) is 7.23. The Morgan fingerprint density at radius 2 is 1.81 bits per heavy atom. The van der Waals surface area contributed by atoms with Gasteiger partial charge in [0, 0.05) is 11.9 Å². The summed E-state index contributed by atoms with van der Waals surface area (Å²) in [7, 11) is 0. The van der Waals surface area contributed by atoms with Gasteiger partial charge in [0.2, 0.25) is 0 Å². The maximum atomic E-state index is 4.38. The maximum absolute atomic E-state index is 4.38. The molecule has 0 aliphatic carbocycles. The van der Waals surface area contributed by atoms with Crippen molar-refractivity contribution >= 4 is 17.2 Å². The summed E-state index contributed by atoms with van der Waals surface area (Å²) < 4.78 is 0. The second-order valence-electron chi connectivity index (χ2n) is 4.30. The van der Waals surface area contributed by atoms with Crippen molar-refractivity contribution in [2.45, 2.75) is 58.8 Å². The van der Waals surface area contributed by atoms with Crippen molar-refractivity contribution in [3.63, 3.8) is 0 Å². The van der Waals surface area contributed by atoms with E-state index in [0.29, 0.717) is 0 Å². The third-order valence-electron chi connectivity index (χ3n) is 2.71. The summed E-state index contributed by atoms with van der Waals surface area (Å²) in [4.78, 5) is 4.38. The van der Waals surface area contributed by atoms with E-state index in [0.717, 1.165) is 17.4 Å². The van der Waals surface area contributed by atoms with Crippen LogP contribution in [0.1, 0.15) is 56.9 Å². The van der Waals surface area contributed by atoms with E-state index >= 15 is 0 Å². The fourth-order valence-corrected chi connectivity index (χ4v) is 2.31. The monoisotopic (exact) mass is 240 g/mol. The molecule has 0 saturated heterocycles. The van der Waals surface area contributed by atoms with Gasteiger partial charge in [-0.15, -0.1) is 11.3 Å². The molecular weight excluding hydrogens is 216 g/mol. The zero-order valence-corrected chi connectivity index (χ0v) is 11.4. The zero-order chi connectivity index (χ0) is 11.6. The summed E-state index contributed by atoms with van der Waals surface area (Å²) >= 11 is 1.71. The van der Waals surface area contributed by atoms with E-state index in [1.54, 1.807) is 11.3 Å². The molecule has 0 fully saturated rings. The molecule has 3 heteroatoms. The molecule has 92 valence electrons. The molecule has 16 heavy (non-hydrogen) atoms. The first-order valence-electron chi connectivity index (χ1n) is 6.49. The third kappa shape index (κ3) is 6.11. The first kappa shape index (κ1) is 13.5. The van der Waals surface area contributed by atoms with Gasteiger partial charge in [-0.05, 0) is 13.3 Å². The van der Waals surface area contributed by atoms with Crippen LogP contribution in [0, 0.1) is 6.92 Å². The lowest BCUT2D eigenvalue weighted by molar-refractivity contribution is 0.596. The normalized spacial score (nSPS) is 10.6. The summed E-state index contributed by atoms with van der Waals surface area (Å²) in [5.74, 6) is 1.05. The van der Waals surface area contributed by atoms with Crippen LogP contribution >= 0.6 is 11.3 Å². The summed E-state index contributed by atoms with van der Waals surface area (Å²) in [6.07, 6.45) is 9.56. The lowest BCUT2D eigenvalue weighted by Crippen LogP contribution is -2.01. The van der Waals surface area contributed by atoms with E-state index in [9.17, 15) is 0 Å². The Labute approximate surface area is 103 Å². The summed E-state index contributed by atoms with van der Waals surface area (Å²) in [6, 6.07) is 0. The Morgan fingerprint density at radius 1 is 1.12 bits per heavy atom. The van der Waals surface area contributed by atoms with Crippen LogP contribution in [-0.2, 0) is 0 Å². The standard InChI is InChI=1S/C13H24N2S/c1-3-4-5-6-7-8-9-10-14-13-11-16-12(2)15-13/h11,14H,3-10H2,1-2H3. The molecule has 0 aliphatic rings. The molecule has 0 atom stereocenters. The molecule has 0 unspecified atom stereocenters. The van der Waals surface area contributed by atoms with Crippen molar-refractivity contribution < 1.29 is 0 Å². The summed E-state index contributed by atoms with van der Waals surface area (Å²) in [5.41, 5.74) is 0. The SMILES string of the molecule is CCCCCCCCCNc1csc(C)n1. The molecule has 2 nitrogen and oxygen atoms in total. The Balaban J connectivity index is 1.88. The summed E-state index contributed by atoms with van der Waals surface area (Å²) in [6.45, 7) is 5.38. The van der Waals surface area contributed by atoms with Crippen molar-refractivity contribution in [1.29, 1.82) is 0 Å². The van der Waals surface area contributed by atoms with Crippen LogP contribution in [0.15, 0.2) is 5.38 Å². The van der Waals surface area contributed by atoms with Gasteiger partial charge < -0.3 is 5.32 Å². The van der Waals surface area contributed by atoms with Crippen LogP contribution in [0.25, 0.3) is 0 Å². The van der Waals surface area contributed by atoms with Crippen LogP contribution < -0.4 is 5.32 Å². The van der Waals surface area contributed by atoms with Gasteiger partial charge in [-0.25, -0.2) is 4.98 Å². The van der Waals surface area contributed by atoms with Crippen LogP contribution in [0.4, 0.5) is 5.82 Å². The lowest BCUT2D eigenvalue weighted by atomic mass is 10.1. The van der Waals surface area contributed by atoms with E-state index in [2.05, 4.69) is 22.6 Å². The van der Waals surface area contributed by atoms with Gasteiger partial charge in [-0.2, -0.15) is 0 Å². The smallest absolute Gasteiger partial charge is 0.137 e. The Hall–Kier alpha value is -0.570. The number of rotatable bonds is 9. The lowest BCUT2D eigenvalue weighted by Gasteiger charge is -2.03. The molecule has 0 amide bonds. The minimum atomic E-state index is 1.05. The molecule has 0 bridgehead atoms. The van der Waals surface area contributed by atoms with Gasteiger partial charge in [0.25, 0.3) is 0 Å². The Bertz CT molecular complexity index is 271. The largest absolute Gasteiger partial charge is 0.369 e. The predicted octanol–water partition coefficient (Wildman–Crippen LogP) is 4.61. The van der Waals surface area contributed by atoms with Gasteiger partial charge in [0.15, 0.2) is 0 Å². The third-order valence-corrected chi connectivity index (χ3v) is 3.48. The molecule has 0 aliphatic heterocycles. The topological polar surface area (TPSA) is 24.9 Å². The van der Waals surface area contributed by atoms with E-state index in [1.807, 2.05) is 6.92 Å². The highest BCUT2D eigenvalue weighted by Crippen LogP contribution is 2.13.